The van der Waals surface area contributed by atoms with E-state index in [1.165, 1.54) is 12.0 Å². The summed E-state index contributed by atoms with van der Waals surface area (Å²) in [5, 5.41) is 9.61. The number of rotatable bonds is 12. The third-order valence-corrected chi connectivity index (χ3v) is 9.08. The molecule has 0 bridgehead atoms. The van der Waals surface area contributed by atoms with E-state index in [0.29, 0.717) is 39.4 Å². The molecule has 12 nitrogen and oxygen atoms in total. The molecule has 3 atom stereocenters. The van der Waals surface area contributed by atoms with E-state index in [-0.39, 0.29) is 31.0 Å². The van der Waals surface area contributed by atoms with Crippen molar-refractivity contribution in [2.75, 3.05) is 19.0 Å². The average Bonchev–Trinajstić information content (AvgIpc) is 3.69. The minimum Gasteiger partial charge on any atom is -0.481 e. The Morgan fingerprint density at radius 3 is 2.59 bits per heavy atom. The Bertz CT molecular complexity index is 1800. The standard InChI is InChI=1S/C35H36Cl2N6O6/c1-3-5-26(31(44)33(46)40-23-9-10-23)41-32(45)29-17-35(16-28(42-49-35)20-6-4-7-21(36)14-20)19-43(29)34(47)25-12-8-22(37)15-27(25)39-24-11-13-30(48-2)38-18-24/h4,6-8,11-16,18,23,26,29,39,42H,3,5,9-10,17,19H2,1-2H3,(H,40,46)(H,41,45)/t26-,29-,35+/m0/s1. The Balaban J connectivity index is 1.31. The summed E-state index contributed by atoms with van der Waals surface area (Å²) in [7, 11) is 1.51. The van der Waals surface area contributed by atoms with Gasteiger partial charge in [0.2, 0.25) is 17.6 Å². The maximum Gasteiger partial charge on any atom is 0.289 e. The largest absolute Gasteiger partial charge is 0.481 e. The first-order valence-electron chi connectivity index (χ1n) is 16.0. The number of aromatic nitrogens is 1. The Labute approximate surface area is 293 Å². The SMILES string of the molecule is CCC[C@H](NC(=O)[C@@H]1C[C@]2(C=C(c3cccc(Cl)c3)NO2)CN1C(=O)c1ccc(Cl)cc1Nc1ccc(OC)nc1)C(=O)C(=O)NC1CC1. The molecule has 4 N–H and O–H groups in total. The number of methoxy groups -OCH3 is 1. The Kier molecular flexibility index (Phi) is 10.1. The van der Waals surface area contributed by atoms with E-state index in [0.717, 1.165) is 18.4 Å². The molecule has 1 aromatic heterocycles. The van der Waals surface area contributed by atoms with Gasteiger partial charge in [-0.25, -0.2) is 4.98 Å². The third-order valence-electron chi connectivity index (χ3n) is 8.61. The van der Waals surface area contributed by atoms with Crippen molar-refractivity contribution in [1.29, 1.82) is 0 Å². The van der Waals surface area contributed by atoms with Crippen molar-refractivity contribution in [2.45, 2.75) is 62.8 Å². The van der Waals surface area contributed by atoms with E-state index >= 15 is 0 Å². The summed E-state index contributed by atoms with van der Waals surface area (Å²) >= 11 is 12.6. The molecule has 3 aromatic rings. The zero-order valence-corrected chi connectivity index (χ0v) is 28.4. The van der Waals surface area contributed by atoms with Crippen LogP contribution in [0.5, 0.6) is 5.88 Å². The van der Waals surface area contributed by atoms with Crippen LogP contribution in [0.2, 0.25) is 10.0 Å². The van der Waals surface area contributed by atoms with E-state index in [1.54, 1.807) is 48.7 Å². The van der Waals surface area contributed by atoms with E-state index in [1.807, 2.05) is 25.1 Å². The highest BCUT2D eigenvalue weighted by Crippen LogP contribution is 2.39. The average molecular weight is 708 g/mol. The van der Waals surface area contributed by atoms with Crippen molar-refractivity contribution in [3.63, 3.8) is 0 Å². The van der Waals surface area contributed by atoms with Gasteiger partial charge in [-0.2, -0.15) is 0 Å². The number of ketones is 1. The molecule has 2 aromatic carbocycles. The second-order valence-electron chi connectivity index (χ2n) is 12.4. The maximum absolute atomic E-state index is 14.5. The lowest BCUT2D eigenvalue weighted by Gasteiger charge is -2.27. The van der Waals surface area contributed by atoms with Gasteiger partial charge in [0.1, 0.15) is 11.6 Å². The van der Waals surface area contributed by atoms with Crippen LogP contribution in [0.25, 0.3) is 5.70 Å². The molecule has 3 amide bonds. The molecule has 1 saturated carbocycles. The van der Waals surface area contributed by atoms with E-state index in [4.69, 9.17) is 32.8 Å². The van der Waals surface area contributed by atoms with Crippen LogP contribution in [-0.2, 0) is 19.2 Å². The van der Waals surface area contributed by atoms with Crippen LogP contribution in [0.1, 0.15) is 54.9 Å². The zero-order valence-electron chi connectivity index (χ0n) is 26.9. The lowest BCUT2D eigenvalue weighted by molar-refractivity contribution is -0.140. The minimum absolute atomic E-state index is 0.00169. The van der Waals surface area contributed by atoms with Gasteiger partial charge in [0.15, 0.2) is 0 Å². The number of pyridine rings is 1. The van der Waals surface area contributed by atoms with Gasteiger partial charge in [0, 0.05) is 34.1 Å². The lowest BCUT2D eigenvalue weighted by atomic mass is 9.97. The first-order valence-corrected chi connectivity index (χ1v) is 16.8. The van der Waals surface area contributed by atoms with Crippen molar-refractivity contribution in [3.05, 3.63) is 88.0 Å². The number of ether oxygens (including phenoxy) is 1. The predicted octanol–water partition coefficient (Wildman–Crippen LogP) is 4.80. The summed E-state index contributed by atoms with van der Waals surface area (Å²) in [6, 6.07) is 13.3. The molecule has 1 spiro atoms. The van der Waals surface area contributed by atoms with Crippen LogP contribution in [0.3, 0.4) is 0 Å². The lowest BCUT2D eigenvalue weighted by Crippen LogP contribution is -2.53. The maximum atomic E-state index is 14.5. The molecular formula is C35H36Cl2N6O6. The molecule has 2 fully saturated rings. The molecule has 1 aliphatic carbocycles. The molecule has 6 rings (SSSR count). The molecule has 256 valence electrons. The van der Waals surface area contributed by atoms with Gasteiger partial charge in [0.05, 0.1) is 48.5 Å². The number of hydrogen-bond acceptors (Lipinski definition) is 9. The number of carbonyl (C=O) groups excluding carboxylic acids is 4. The number of nitrogens with one attached hydrogen (secondary N) is 4. The fourth-order valence-electron chi connectivity index (χ4n) is 5.96. The van der Waals surface area contributed by atoms with Gasteiger partial charge in [-0.15, -0.1) is 0 Å². The molecule has 14 heteroatoms. The minimum atomic E-state index is -1.09. The normalized spacial score (nSPS) is 20.3. The summed E-state index contributed by atoms with van der Waals surface area (Å²) in [4.78, 5) is 66.2. The first-order chi connectivity index (χ1) is 23.6. The highest BCUT2D eigenvalue weighted by Gasteiger charge is 2.52. The van der Waals surface area contributed by atoms with Gasteiger partial charge < -0.3 is 25.6 Å². The van der Waals surface area contributed by atoms with Crippen molar-refractivity contribution in [2.24, 2.45) is 0 Å². The molecule has 49 heavy (non-hydrogen) atoms. The monoisotopic (exact) mass is 706 g/mol. The number of anilines is 2. The van der Waals surface area contributed by atoms with Crippen LogP contribution in [-0.4, -0.2) is 70.8 Å². The van der Waals surface area contributed by atoms with Crippen molar-refractivity contribution < 1.29 is 28.8 Å². The van der Waals surface area contributed by atoms with Gasteiger partial charge in [-0.1, -0.05) is 48.7 Å². The van der Waals surface area contributed by atoms with Crippen molar-refractivity contribution in [3.8, 4) is 5.88 Å². The van der Waals surface area contributed by atoms with Gasteiger partial charge >= 0.3 is 0 Å². The molecule has 2 aliphatic heterocycles. The zero-order chi connectivity index (χ0) is 34.7. The van der Waals surface area contributed by atoms with Crippen LogP contribution >= 0.6 is 23.2 Å². The number of Topliss-reactive ketones (excluding diaryl/α,β-unsaturated/α-hetero) is 1. The highest BCUT2D eigenvalue weighted by atomic mass is 35.5. The molecule has 0 unspecified atom stereocenters. The second kappa shape index (κ2) is 14.5. The van der Waals surface area contributed by atoms with Crippen molar-refractivity contribution in [1.82, 2.24) is 26.0 Å². The van der Waals surface area contributed by atoms with Crippen LogP contribution in [0.4, 0.5) is 11.4 Å². The predicted molar refractivity (Wildman–Crippen MR) is 184 cm³/mol. The number of amides is 3. The third kappa shape index (κ3) is 7.82. The van der Waals surface area contributed by atoms with Crippen LogP contribution < -0.4 is 26.2 Å². The number of benzene rings is 2. The number of nitrogens with zero attached hydrogens (tertiary/aromatic N) is 2. The fraction of sp³-hybridized carbons (Fsp3) is 0.343. The number of carbonyl (C=O) groups is 4. The quantitative estimate of drug-likeness (QED) is 0.195. The smallest absolute Gasteiger partial charge is 0.289 e. The summed E-state index contributed by atoms with van der Waals surface area (Å²) < 4.78 is 5.15. The van der Waals surface area contributed by atoms with Gasteiger partial charge in [0.25, 0.3) is 11.8 Å². The Morgan fingerprint density at radius 1 is 1.10 bits per heavy atom. The summed E-state index contributed by atoms with van der Waals surface area (Å²) in [6.07, 6.45) is 5.91. The topological polar surface area (TPSA) is 151 Å². The molecule has 3 heterocycles. The molecular weight excluding hydrogens is 671 g/mol. The fourth-order valence-corrected chi connectivity index (χ4v) is 6.33. The Morgan fingerprint density at radius 2 is 1.90 bits per heavy atom. The number of hydrogen-bond donors (Lipinski definition) is 4. The van der Waals surface area contributed by atoms with Crippen molar-refractivity contribution >= 4 is 63.8 Å². The second-order valence-corrected chi connectivity index (χ2v) is 13.2. The molecule has 1 saturated heterocycles. The number of halogens is 2. The molecule has 3 aliphatic rings. The van der Waals surface area contributed by atoms with Crippen LogP contribution in [0.15, 0.2) is 66.9 Å². The van der Waals surface area contributed by atoms with E-state index < -0.39 is 41.2 Å². The molecule has 0 radical (unpaired) electrons. The number of likely N-dealkylation sites (tertiary alicyclic amines) is 1. The first kappa shape index (κ1) is 34.2. The van der Waals surface area contributed by atoms with E-state index in [9.17, 15) is 19.2 Å². The highest BCUT2D eigenvalue weighted by molar-refractivity contribution is 6.38. The Hall–Kier alpha value is -4.65. The summed E-state index contributed by atoms with van der Waals surface area (Å²) in [5.74, 6) is -2.07. The number of hydroxylamine groups is 1. The van der Waals surface area contributed by atoms with E-state index in [2.05, 4.69) is 26.4 Å². The van der Waals surface area contributed by atoms with Crippen LogP contribution in [0, 0.1) is 0 Å². The summed E-state index contributed by atoms with van der Waals surface area (Å²) in [6.45, 7) is 1.86. The van der Waals surface area contributed by atoms with Gasteiger partial charge in [-0.05, 0) is 61.7 Å². The summed E-state index contributed by atoms with van der Waals surface area (Å²) in [5.41, 5.74) is 4.46. The van der Waals surface area contributed by atoms with Gasteiger partial charge in [-0.3, -0.25) is 29.5 Å².